The van der Waals surface area contributed by atoms with Gasteiger partial charge in [0.05, 0.1) is 17.8 Å². The first-order chi connectivity index (χ1) is 11.0. The van der Waals surface area contributed by atoms with E-state index in [9.17, 15) is 0 Å². The summed E-state index contributed by atoms with van der Waals surface area (Å²) in [6.45, 7) is 12.4. The fraction of sp³-hybridized carbons (Fsp3) is 0.750. The zero-order chi connectivity index (χ0) is 16.7. The largest absolute Gasteiger partial charge is 0.377 e. The summed E-state index contributed by atoms with van der Waals surface area (Å²) in [7, 11) is 1.73. The molecule has 1 aliphatic rings. The maximum absolute atomic E-state index is 5.45. The number of ether oxygens (including phenoxy) is 1. The molecule has 8 heteroatoms. The van der Waals surface area contributed by atoms with Crippen molar-refractivity contribution in [3.05, 3.63) is 18.0 Å². The quantitative estimate of drug-likeness (QED) is 0.405. The van der Waals surface area contributed by atoms with Gasteiger partial charge in [0.25, 0.3) is 0 Å². The average Bonchev–Trinajstić information content (AvgIpc) is 3.05. The lowest BCUT2D eigenvalue weighted by Gasteiger charge is -2.36. The van der Waals surface area contributed by atoms with Gasteiger partial charge in [-0.15, -0.1) is 24.0 Å². The van der Waals surface area contributed by atoms with Gasteiger partial charge in [-0.05, 0) is 20.8 Å². The standard InChI is InChI=1S/C16H29N5O2.HI/c1-5-17-15(18-13-16(2,3)22-4)21-9-7-20(8-10-21)12-14-6-11-23-19-14;/h6,11H,5,7-10,12-13H2,1-4H3,(H,17,18);1H. The van der Waals surface area contributed by atoms with Crippen LogP contribution < -0.4 is 5.32 Å². The van der Waals surface area contributed by atoms with E-state index in [0.717, 1.165) is 50.9 Å². The summed E-state index contributed by atoms with van der Waals surface area (Å²) in [5.74, 6) is 0.971. The fourth-order valence-electron chi connectivity index (χ4n) is 2.42. The molecule has 1 fully saturated rings. The van der Waals surface area contributed by atoms with Crippen LogP contribution in [-0.2, 0) is 11.3 Å². The van der Waals surface area contributed by atoms with Gasteiger partial charge in [0.2, 0.25) is 0 Å². The van der Waals surface area contributed by atoms with E-state index in [2.05, 4.69) is 41.0 Å². The Labute approximate surface area is 161 Å². The highest BCUT2D eigenvalue weighted by molar-refractivity contribution is 14.0. The molecule has 1 aliphatic heterocycles. The Balaban J connectivity index is 0.00000288. The van der Waals surface area contributed by atoms with Crippen molar-refractivity contribution < 1.29 is 9.26 Å². The number of aromatic nitrogens is 1. The minimum absolute atomic E-state index is 0. The maximum atomic E-state index is 5.45. The van der Waals surface area contributed by atoms with E-state index in [1.807, 2.05) is 6.07 Å². The van der Waals surface area contributed by atoms with Crippen LogP contribution in [0.3, 0.4) is 0 Å². The number of aliphatic imine (C=N–C) groups is 1. The van der Waals surface area contributed by atoms with Gasteiger partial charge in [-0.2, -0.15) is 0 Å². The predicted octanol–water partition coefficient (Wildman–Crippen LogP) is 1.80. The zero-order valence-electron chi connectivity index (χ0n) is 15.1. The van der Waals surface area contributed by atoms with Crippen molar-refractivity contribution in [3.63, 3.8) is 0 Å². The van der Waals surface area contributed by atoms with E-state index in [-0.39, 0.29) is 29.6 Å². The first-order valence-electron chi connectivity index (χ1n) is 8.24. The second kappa shape index (κ2) is 10.2. The summed E-state index contributed by atoms with van der Waals surface area (Å²) < 4.78 is 10.3. The molecule has 2 rings (SSSR count). The number of guanidine groups is 1. The second-order valence-electron chi connectivity index (χ2n) is 6.39. The van der Waals surface area contributed by atoms with E-state index in [4.69, 9.17) is 14.3 Å². The van der Waals surface area contributed by atoms with Gasteiger partial charge in [0.1, 0.15) is 6.26 Å². The first kappa shape index (κ1) is 21.2. The molecule has 0 aliphatic carbocycles. The van der Waals surface area contributed by atoms with Gasteiger partial charge < -0.3 is 19.5 Å². The maximum Gasteiger partial charge on any atom is 0.194 e. The molecular formula is C16H30IN5O2. The van der Waals surface area contributed by atoms with Gasteiger partial charge in [-0.1, -0.05) is 5.16 Å². The summed E-state index contributed by atoms with van der Waals surface area (Å²) in [6, 6.07) is 1.92. The molecule has 0 aromatic carbocycles. The SMILES string of the molecule is CCNC(=NCC(C)(C)OC)N1CCN(Cc2ccon2)CC1.I. The molecule has 1 saturated heterocycles. The molecule has 2 heterocycles. The Kier molecular flexibility index (Phi) is 8.99. The van der Waals surface area contributed by atoms with Crippen LogP contribution in [0.15, 0.2) is 21.8 Å². The third-order valence-corrected chi connectivity index (χ3v) is 4.05. The molecule has 1 aromatic rings. The van der Waals surface area contributed by atoms with Crippen LogP contribution in [0.2, 0.25) is 0 Å². The third kappa shape index (κ3) is 6.56. The molecular weight excluding hydrogens is 421 g/mol. The molecule has 0 atom stereocenters. The third-order valence-electron chi connectivity index (χ3n) is 4.05. The number of nitrogens with one attached hydrogen (secondary N) is 1. The topological polar surface area (TPSA) is 66.1 Å². The predicted molar refractivity (Wildman–Crippen MR) is 106 cm³/mol. The van der Waals surface area contributed by atoms with Crippen molar-refractivity contribution in [1.29, 1.82) is 0 Å². The smallest absolute Gasteiger partial charge is 0.194 e. The van der Waals surface area contributed by atoms with Gasteiger partial charge >= 0.3 is 0 Å². The number of hydrogen-bond acceptors (Lipinski definition) is 5. The number of nitrogens with zero attached hydrogens (tertiary/aromatic N) is 4. The molecule has 0 bridgehead atoms. The molecule has 1 aromatic heterocycles. The van der Waals surface area contributed by atoms with Crippen LogP contribution in [0.1, 0.15) is 26.5 Å². The minimum Gasteiger partial charge on any atom is -0.377 e. The van der Waals surface area contributed by atoms with Crippen molar-refractivity contribution in [2.75, 3.05) is 46.4 Å². The van der Waals surface area contributed by atoms with Crippen molar-refractivity contribution in [2.45, 2.75) is 32.9 Å². The highest BCUT2D eigenvalue weighted by Crippen LogP contribution is 2.10. The monoisotopic (exact) mass is 451 g/mol. The molecule has 138 valence electrons. The summed E-state index contributed by atoms with van der Waals surface area (Å²) in [5.41, 5.74) is 0.746. The number of methoxy groups -OCH3 is 1. The molecule has 24 heavy (non-hydrogen) atoms. The van der Waals surface area contributed by atoms with Crippen LogP contribution in [-0.4, -0.2) is 72.9 Å². The van der Waals surface area contributed by atoms with Crippen LogP contribution in [0.4, 0.5) is 0 Å². The van der Waals surface area contributed by atoms with Gasteiger partial charge in [-0.25, -0.2) is 0 Å². The van der Waals surface area contributed by atoms with Gasteiger partial charge in [0.15, 0.2) is 5.96 Å². The Hall–Kier alpha value is -0.870. The highest BCUT2D eigenvalue weighted by Gasteiger charge is 2.22. The van der Waals surface area contributed by atoms with Crippen LogP contribution in [0, 0.1) is 0 Å². The minimum atomic E-state index is -0.241. The summed E-state index contributed by atoms with van der Waals surface area (Å²) in [6.07, 6.45) is 1.62. The number of hydrogen-bond donors (Lipinski definition) is 1. The molecule has 0 unspecified atom stereocenters. The second-order valence-corrected chi connectivity index (χ2v) is 6.39. The van der Waals surface area contributed by atoms with Crippen LogP contribution in [0.25, 0.3) is 0 Å². The van der Waals surface area contributed by atoms with Crippen molar-refractivity contribution >= 4 is 29.9 Å². The summed E-state index contributed by atoms with van der Waals surface area (Å²) >= 11 is 0. The van der Waals surface area contributed by atoms with E-state index in [0.29, 0.717) is 6.54 Å². The summed E-state index contributed by atoms with van der Waals surface area (Å²) in [5, 5.41) is 7.36. The molecule has 0 saturated carbocycles. The highest BCUT2D eigenvalue weighted by atomic mass is 127. The van der Waals surface area contributed by atoms with Crippen LogP contribution >= 0.6 is 24.0 Å². The van der Waals surface area contributed by atoms with E-state index < -0.39 is 0 Å². The average molecular weight is 451 g/mol. The van der Waals surface area contributed by atoms with Gasteiger partial charge in [-0.3, -0.25) is 9.89 Å². The lowest BCUT2D eigenvalue weighted by atomic mass is 10.1. The van der Waals surface area contributed by atoms with Crippen molar-refractivity contribution in [1.82, 2.24) is 20.3 Å². The summed E-state index contributed by atoms with van der Waals surface area (Å²) in [4.78, 5) is 9.44. The number of halogens is 1. The normalized spacial score (nSPS) is 16.8. The number of rotatable bonds is 6. The first-order valence-corrected chi connectivity index (χ1v) is 8.24. The van der Waals surface area contributed by atoms with E-state index in [1.165, 1.54) is 0 Å². The molecule has 0 spiro atoms. The lowest BCUT2D eigenvalue weighted by molar-refractivity contribution is 0.0308. The van der Waals surface area contributed by atoms with E-state index in [1.54, 1.807) is 13.4 Å². The Morgan fingerprint density at radius 3 is 2.62 bits per heavy atom. The van der Waals surface area contributed by atoms with Crippen molar-refractivity contribution in [2.24, 2.45) is 4.99 Å². The fourth-order valence-corrected chi connectivity index (χ4v) is 2.42. The molecule has 1 N–H and O–H groups in total. The zero-order valence-corrected chi connectivity index (χ0v) is 17.4. The lowest BCUT2D eigenvalue weighted by Crippen LogP contribution is -2.52. The molecule has 0 amide bonds. The van der Waals surface area contributed by atoms with Crippen LogP contribution in [0.5, 0.6) is 0 Å². The Morgan fingerprint density at radius 2 is 2.08 bits per heavy atom. The van der Waals surface area contributed by atoms with Crippen molar-refractivity contribution in [3.8, 4) is 0 Å². The number of piperazine rings is 1. The Bertz CT molecular complexity index is 485. The van der Waals surface area contributed by atoms with E-state index >= 15 is 0 Å². The molecule has 0 radical (unpaired) electrons. The Morgan fingerprint density at radius 1 is 1.38 bits per heavy atom. The van der Waals surface area contributed by atoms with Gasteiger partial charge in [0, 0.05) is 52.4 Å². The molecule has 7 nitrogen and oxygen atoms in total.